The molecule has 0 fully saturated rings. The Hall–Kier alpha value is 0.200. The van der Waals surface area contributed by atoms with Crippen LogP contribution < -0.4 is 0 Å². The van der Waals surface area contributed by atoms with Crippen LogP contribution in [0.2, 0.25) is 5.04 Å². The molecule has 0 saturated carbocycles. The molecule has 0 bridgehead atoms. The van der Waals surface area contributed by atoms with E-state index in [4.69, 9.17) is 10.2 Å². The number of aliphatic carboxylic acids is 2. The predicted octanol–water partition coefficient (Wildman–Crippen LogP) is 5.90. The van der Waals surface area contributed by atoms with Gasteiger partial charge in [-0.1, -0.05) is 0 Å². The summed E-state index contributed by atoms with van der Waals surface area (Å²) < 4.78 is 3.32. The number of unbranched alkanes of at least 4 members (excludes halogenated alkanes) is 4. The molecule has 0 spiro atoms. The van der Waals surface area contributed by atoms with Crippen LogP contribution in [-0.4, -0.2) is 56.0 Å². The van der Waals surface area contributed by atoms with Gasteiger partial charge in [-0.25, -0.2) is 0 Å². The number of hydrogen-bond donors (Lipinski definition) is 2. The van der Waals surface area contributed by atoms with Crippen LogP contribution >= 0.6 is 0 Å². The zero-order chi connectivity index (χ0) is 19.5. The smallest absolute Gasteiger partial charge is 0.303 e. The SMILES string of the molecule is CC(C)CCCC[CH2][Ca][CH2]CCCCC(C)C.O=C(O)CCC(=O)O. The molecule has 0 rings (SSSR count). The molecule has 0 aliphatic heterocycles. The van der Waals surface area contributed by atoms with Crippen LogP contribution in [0.5, 0.6) is 0 Å². The van der Waals surface area contributed by atoms with Gasteiger partial charge in [-0.2, -0.15) is 0 Å². The molecular formula is C20H40CaO4. The van der Waals surface area contributed by atoms with Gasteiger partial charge in [0.2, 0.25) is 0 Å². The molecule has 0 saturated heterocycles. The third-order valence-electron chi connectivity index (χ3n) is 4.12. The second kappa shape index (κ2) is 20.5. The summed E-state index contributed by atoms with van der Waals surface area (Å²) in [5.41, 5.74) is 0. The summed E-state index contributed by atoms with van der Waals surface area (Å²) in [5, 5.41) is 15.8. The molecule has 0 atom stereocenters. The van der Waals surface area contributed by atoms with Crippen LogP contribution in [0.3, 0.4) is 0 Å². The Kier molecular flexibility index (Phi) is 22.5. The van der Waals surface area contributed by atoms with Crippen LogP contribution in [0.1, 0.15) is 91.9 Å². The van der Waals surface area contributed by atoms with Crippen molar-refractivity contribution in [2.24, 2.45) is 11.8 Å². The molecule has 0 aromatic carbocycles. The molecule has 146 valence electrons. The van der Waals surface area contributed by atoms with E-state index in [9.17, 15) is 9.59 Å². The summed E-state index contributed by atoms with van der Waals surface area (Å²) in [4.78, 5) is 19.3. The monoisotopic (exact) mass is 384 g/mol. The largest absolute Gasteiger partial charge is 0.481 e. The minimum Gasteiger partial charge on any atom is -0.481 e. The molecule has 0 heterocycles. The second-order valence-electron chi connectivity index (χ2n) is 7.83. The summed E-state index contributed by atoms with van der Waals surface area (Å²) in [6, 6.07) is 0. The van der Waals surface area contributed by atoms with Crippen molar-refractivity contribution >= 4 is 45.8 Å². The van der Waals surface area contributed by atoms with Gasteiger partial charge in [0.05, 0.1) is 12.8 Å². The molecule has 0 aliphatic rings. The first-order chi connectivity index (χ1) is 11.8. The Balaban J connectivity index is 0. The van der Waals surface area contributed by atoms with Crippen LogP contribution in [0.15, 0.2) is 0 Å². The number of carboxylic acids is 2. The molecule has 5 heteroatoms. The quantitative estimate of drug-likeness (QED) is 0.272. The molecule has 4 nitrogen and oxygen atoms in total. The van der Waals surface area contributed by atoms with Gasteiger partial charge in [0.1, 0.15) is 0 Å². The van der Waals surface area contributed by atoms with Gasteiger partial charge >= 0.3 is 142 Å². The Bertz CT molecular complexity index is 287. The first-order valence-electron chi connectivity index (χ1n) is 10.2. The van der Waals surface area contributed by atoms with Crippen molar-refractivity contribution in [1.82, 2.24) is 0 Å². The van der Waals surface area contributed by atoms with E-state index < -0.39 is 11.9 Å². The maximum atomic E-state index is 9.64. The molecule has 0 aromatic rings. The maximum absolute atomic E-state index is 9.64. The van der Waals surface area contributed by atoms with E-state index in [0.29, 0.717) is 0 Å². The van der Waals surface area contributed by atoms with Crippen LogP contribution in [-0.2, 0) is 9.59 Å². The van der Waals surface area contributed by atoms with Crippen molar-refractivity contribution in [2.45, 2.75) is 96.9 Å². The van der Waals surface area contributed by atoms with Gasteiger partial charge in [-0.05, 0) is 0 Å². The average molecular weight is 385 g/mol. The predicted molar refractivity (Wildman–Crippen MR) is 106 cm³/mol. The number of carbonyl (C=O) groups is 2. The molecular weight excluding hydrogens is 344 g/mol. The zero-order valence-electron chi connectivity index (χ0n) is 17.1. The van der Waals surface area contributed by atoms with E-state index in [1.54, 1.807) is 17.9 Å². The van der Waals surface area contributed by atoms with Crippen LogP contribution in [0.25, 0.3) is 0 Å². The molecule has 25 heavy (non-hydrogen) atoms. The minimum absolute atomic E-state index is 0.0890. The normalized spacial score (nSPS) is 10.3. The molecule has 0 aromatic heterocycles. The first kappa shape index (κ1) is 27.4. The number of hydrogen-bond acceptors (Lipinski definition) is 2. The van der Waals surface area contributed by atoms with Gasteiger partial charge in [0.15, 0.2) is 0 Å². The van der Waals surface area contributed by atoms with Gasteiger partial charge in [0, 0.05) is 0 Å². The van der Waals surface area contributed by atoms with Crippen LogP contribution in [0.4, 0.5) is 0 Å². The fraction of sp³-hybridized carbons (Fsp3) is 0.900. The summed E-state index contributed by atoms with van der Waals surface area (Å²) >= 11 is -0.0890. The molecule has 0 amide bonds. The Morgan fingerprint density at radius 3 is 1.32 bits per heavy atom. The van der Waals surface area contributed by atoms with E-state index in [1.807, 2.05) is 0 Å². The fourth-order valence-electron chi connectivity index (χ4n) is 2.56. The summed E-state index contributed by atoms with van der Waals surface area (Å²) in [6.45, 7) is 9.37. The second-order valence-corrected chi connectivity index (χ2v) is 11.1. The van der Waals surface area contributed by atoms with Gasteiger partial charge in [0.25, 0.3) is 0 Å². The third kappa shape index (κ3) is 32.4. The minimum atomic E-state index is -1.08. The van der Waals surface area contributed by atoms with E-state index in [2.05, 4.69) is 27.7 Å². The van der Waals surface area contributed by atoms with Gasteiger partial charge in [-0.3, -0.25) is 9.59 Å². The van der Waals surface area contributed by atoms with Crippen molar-refractivity contribution in [1.29, 1.82) is 0 Å². The summed E-state index contributed by atoms with van der Waals surface area (Å²) in [6.07, 6.45) is 11.4. The molecule has 2 N–H and O–H groups in total. The van der Waals surface area contributed by atoms with Gasteiger partial charge in [-0.15, -0.1) is 0 Å². The third-order valence-corrected chi connectivity index (χ3v) is 7.24. The van der Waals surface area contributed by atoms with E-state index in [0.717, 1.165) is 11.8 Å². The van der Waals surface area contributed by atoms with Crippen molar-refractivity contribution in [3.05, 3.63) is 0 Å². The van der Waals surface area contributed by atoms with E-state index in [-0.39, 0.29) is 46.7 Å². The number of rotatable bonds is 15. The maximum Gasteiger partial charge on any atom is 0.303 e. The van der Waals surface area contributed by atoms with Crippen LogP contribution in [0, 0.1) is 11.8 Å². The Morgan fingerprint density at radius 2 is 1.04 bits per heavy atom. The molecule has 0 aliphatic carbocycles. The van der Waals surface area contributed by atoms with Crippen molar-refractivity contribution in [3.63, 3.8) is 0 Å². The Labute approximate surface area is 173 Å². The standard InChI is InChI=1S/2C8H17.C4H6O4.Ca/c2*1-4-5-6-7-8(2)3;5-3(6)1-2-4(7)8;/h2*8H,1,4-7H2,2-3H3;1-2H2,(H,5,6)(H,7,8);. The number of carboxylic acid groups (broad SMARTS) is 2. The van der Waals surface area contributed by atoms with Crippen molar-refractivity contribution in [2.75, 3.05) is 0 Å². The topological polar surface area (TPSA) is 74.6 Å². The zero-order valence-corrected chi connectivity index (χ0v) is 19.3. The van der Waals surface area contributed by atoms with E-state index >= 15 is 0 Å². The first-order valence-corrected chi connectivity index (χ1v) is 13.3. The molecule has 0 radical (unpaired) electrons. The van der Waals surface area contributed by atoms with E-state index in [1.165, 1.54) is 38.5 Å². The van der Waals surface area contributed by atoms with Crippen molar-refractivity contribution in [3.8, 4) is 0 Å². The summed E-state index contributed by atoms with van der Waals surface area (Å²) in [7, 11) is 0. The molecule has 0 unspecified atom stereocenters. The average Bonchev–Trinajstić information content (AvgIpc) is 2.50. The van der Waals surface area contributed by atoms with Crippen molar-refractivity contribution < 1.29 is 19.8 Å². The van der Waals surface area contributed by atoms with Gasteiger partial charge < -0.3 is 10.2 Å². The fourth-order valence-corrected chi connectivity index (χ4v) is 5.32. The Morgan fingerprint density at radius 1 is 0.680 bits per heavy atom. The summed E-state index contributed by atoms with van der Waals surface area (Å²) in [5.74, 6) is -0.324.